The van der Waals surface area contributed by atoms with E-state index in [1.807, 2.05) is 6.07 Å². The SMILES string of the molecule is COc1ccc2c(c1)CCC1=C2NC(=S)NC1c1ccc([N+](=O)[O-])cc1. The second-order valence-electron chi connectivity index (χ2n) is 6.30. The van der Waals surface area contributed by atoms with Gasteiger partial charge in [-0.1, -0.05) is 0 Å². The van der Waals surface area contributed by atoms with Crippen molar-refractivity contribution in [3.8, 4) is 5.75 Å². The minimum absolute atomic E-state index is 0.0838. The summed E-state index contributed by atoms with van der Waals surface area (Å²) in [6, 6.07) is 12.6. The zero-order chi connectivity index (χ0) is 18.3. The van der Waals surface area contributed by atoms with Crippen LogP contribution in [-0.4, -0.2) is 17.1 Å². The van der Waals surface area contributed by atoms with E-state index in [1.54, 1.807) is 19.2 Å². The fourth-order valence-electron chi connectivity index (χ4n) is 3.59. The smallest absolute Gasteiger partial charge is 0.269 e. The zero-order valence-electron chi connectivity index (χ0n) is 14.1. The minimum atomic E-state index is -0.390. The number of nitro benzene ring substituents is 1. The van der Waals surface area contributed by atoms with Gasteiger partial charge in [-0.15, -0.1) is 0 Å². The molecule has 2 aliphatic rings. The number of nitrogens with one attached hydrogen (secondary N) is 2. The van der Waals surface area contributed by atoms with Gasteiger partial charge in [-0.05, 0) is 72.1 Å². The first-order valence-electron chi connectivity index (χ1n) is 8.29. The summed E-state index contributed by atoms with van der Waals surface area (Å²) in [5, 5.41) is 18.0. The number of nitro groups is 1. The van der Waals surface area contributed by atoms with E-state index in [1.165, 1.54) is 23.3 Å². The molecule has 1 aliphatic heterocycles. The Morgan fingerprint density at radius 3 is 2.65 bits per heavy atom. The van der Waals surface area contributed by atoms with Crippen LogP contribution < -0.4 is 15.4 Å². The van der Waals surface area contributed by atoms with Crippen molar-refractivity contribution >= 4 is 28.7 Å². The number of hydrogen-bond donors (Lipinski definition) is 2. The van der Waals surface area contributed by atoms with Crippen LogP contribution in [0, 0.1) is 10.1 Å². The molecule has 1 heterocycles. The Labute approximate surface area is 156 Å². The summed E-state index contributed by atoms with van der Waals surface area (Å²) in [5.74, 6) is 0.844. The standard InChI is InChI=1S/C19H17N3O3S/c1-25-14-7-9-15-12(10-14)4-8-16-17(20-19(26)21-18(15)16)11-2-5-13(6-3-11)22(23)24/h2-3,5-7,9-10,17H,4,8H2,1H3,(H2,20,21,26). The fraction of sp³-hybridized carbons (Fsp3) is 0.211. The van der Waals surface area contributed by atoms with Gasteiger partial charge in [0.15, 0.2) is 5.11 Å². The van der Waals surface area contributed by atoms with E-state index in [0.717, 1.165) is 35.4 Å². The van der Waals surface area contributed by atoms with Gasteiger partial charge in [0.25, 0.3) is 5.69 Å². The Morgan fingerprint density at radius 1 is 1.19 bits per heavy atom. The largest absolute Gasteiger partial charge is 0.497 e. The molecule has 0 saturated carbocycles. The van der Waals surface area contributed by atoms with E-state index in [-0.39, 0.29) is 16.7 Å². The molecule has 0 fully saturated rings. The number of methoxy groups -OCH3 is 1. The number of thiocarbonyl (C=S) groups is 1. The van der Waals surface area contributed by atoms with Crippen molar-refractivity contribution < 1.29 is 9.66 Å². The topological polar surface area (TPSA) is 76.4 Å². The fourth-order valence-corrected chi connectivity index (χ4v) is 3.81. The highest BCUT2D eigenvalue weighted by atomic mass is 32.1. The number of fused-ring (bicyclic) bond motifs is 2. The maximum absolute atomic E-state index is 10.9. The van der Waals surface area contributed by atoms with E-state index in [9.17, 15) is 10.1 Å². The van der Waals surface area contributed by atoms with Crippen molar-refractivity contribution in [3.63, 3.8) is 0 Å². The molecule has 2 N–H and O–H groups in total. The van der Waals surface area contributed by atoms with Crippen LogP contribution >= 0.6 is 12.2 Å². The number of hydrogen-bond acceptors (Lipinski definition) is 4. The normalized spacial score (nSPS) is 18.3. The maximum atomic E-state index is 10.9. The molecule has 1 unspecified atom stereocenters. The number of aryl methyl sites for hydroxylation is 1. The average Bonchev–Trinajstić information content (AvgIpc) is 2.66. The lowest BCUT2D eigenvalue weighted by molar-refractivity contribution is -0.384. The number of ether oxygens (including phenoxy) is 1. The Hall–Kier alpha value is -2.93. The molecule has 2 aromatic rings. The van der Waals surface area contributed by atoms with Gasteiger partial charge in [0, 0.05) is 23.4 Å². The van der Waals surface area contributed by atoms with E-state index in [2.05, 4.69) is 22.8 Å². The molecule has 1 atom stereocenters. The summed E-state index contributed by atoms with van der Waals surface area (Å²) in [5.41, 5.74) is 5.64. The minimum Gasteiger partial charge on any atom is -0.497 e. The van der Waals surface area contributed by atoms with Crippen molar-refractivity contribution in [2.75, 3.05) is 7.11 Å². The molecular formula is C19H17N3O3S. The van der Waals surface area contributed by atoms with Gasteiger partial charge in [-0.3, -0.25) is 10.1 Å². The third-order valence-corrected chi connectivity index (χ3v) is 5.09. The zero-order valence-corrected chi connectivity index (χ0v) is 14.9. The highest BCUT2D eigenvalue weighted by Gasteiger charge is 2.31. The predicted octanol–water partition coefficient (Wildman–Crippen LogP) is 3.48. The second kappa shape index (κ2) is 6.42. The number of rotatable bonds is 3. The summed E-state index contributed by atoms with van der Waals surface area (Å²) in [4.78, 5) is 10.5. The van der Waals surface area contributed by atoms with Gasteiger partial charge < -0.3 is 15.4 Å². The lowest BCUT2D eigenvalue weighted by Crippen LogP contribution is -2.44. The first kappa shape index (κ1) is 16.5. The van der Waals surface area contributed by atoms with Crippen LogP contribution in [0.3, 0.4) is 0 Å². The monoisotopic (exact) mass is 367 g/mol. The Balaban J connectivity index is 1.77. The summed E-state index contributed by atoms with van der Waals surface area (Å²) in [6.45, 7) is 0. The van der Waals surface area contributed by atoms with Gasteiger partial charge in [-0.2, -0.15) is 0 Å². The summed E-state index contributed by atoms with van der Waals surface area (Å²) in [6.07, 6.45) is 1.78. The summed E-state index contributed by atoms with van der Waals surface area (Å²) >= 11 is 5.41. The number of benzene rings is 2. The third-order valence-electron chi connectivity index (χ3n) is 4.87. The highest BCUT2D eigenvalue weighted by molar-refractivity contribution is 7.80. The van der Waals surface area contributed by atoms with Crippen molar-refractivity contribution in [2.45, 2.75) is 18.9 Å². The molecule has 0 saturated heterocycles. The van der Waals surface area contributed by atoms with Crippen LogP contribution in [0.1, 0.15) is 29.2 Å². The highest BCUT2D eigenvalue weighted by Crippen LogP contribution is 2.39. The van der Waals surface area contributed by atoms with E-state index in [4.69, 9.17) is 17.0 Å². The van der Waals surface area contributed by atoms with Crippen LogP contribution in [0.4, 0.5) is 5.69 Å². The molecule has 0 bridgehead atoms. The first-order valence-corrected chi connectivity index (χ1v) is 8.70. The molecule has 0 radical (unpaired) electrons. The van der Waals surface area contributed by atoms with Gasteiger partial charge in [-0.25, -0.2) is 0 Å². The van der Waals surface area contributed by atoms with Gasteiger partial charge in [0.1, 0.15) is 5.75 Å². The lowest BCUT2D eigenvalue weighted by atomic mass is 9.83. The van der Waals surface area contributed by atoms with Crippen LogP contribution in [0.5, 0.6) is 5.75 Å². The number of nitrogens with zero attached hydrogens (tertiary/aromatic N) is 1. The molecule has 7 heteroatoms. The molecule has 0 spiro atoms. The summed E-state index contributed by atoms with van der Waals surface area (Å²) in [7, 11) is 1.66. The van der Waals surface area contributed by atoms with Gasteiger partial charge in [0.05, 0.1) is 18.1 Å². The second-order valence-corrected chi connectivity index (χ2v) is 6.71. The van der Waals surface area contributed by atoms with Gasteiger partial charge >= 0.3 is 0 Å². The van der Waals surface area contributed by atoms with E-state index >= 15 is 0 Å². The van der Waals surface area contributed by atoms with Gasteiger partial charge in [0.2, 0.25) is 0 Å². The first-order chi connectivity index (χ1) is 12.6. The lowest BCUT2D eigenvalue weighted by Gasteiger charge is -2.35. The van der Waals surface area contributed by atoms with Crippen LogP contribution in [0.2, 0.25) is 0 Å². The molecule has 26 heavy (non-hydrogen) atoms. The molecule has 4 rings (SSSR count). The third kappa shape index (κ3) is 2.80. The molecule has 6 nitrogen and oxygen atoms in total. The molecule has 1 aliphatic carbocycles. The predicted molar refractivity (Wildman–Crippen MR) is 103 cm³/mol. The Morgan fingerprint density at radius 2 is 1.96 bits per heavy atom. The molecule has 2 aromatic carbocycles. The van der Waals surface area contributed by atoms with E-state index in [0.29, 0.717) is 5.11 Å². The van der Waals surface area contributed by atoms with Crippen LogP contribution in [0.25, 0.3) is 5.70 Å². The molecular weight excluding hydrogens is 350 g/mol. The Kier molecular flexibility index (Phi) is 4.08. The Bertz CT molecular complexity index is 938. The molecule has 132 valence electrons. The van der Waals surface area contributed by atoms with E-state index < -0.39 is 0 Å². The average molecular weight is 367 g/mol. The van der Waals surface area contributed by atoms with Crippen LogP contribution in [-0.2, 0) is 6.42 Å². The van der Waals surface area contributed by atoms with Crippen molar-refractivity contribution in [1.29, 1.82) is 0 Å². The molecule has 0 aromatic heterocycles. The van der Waals surface area contributed by atoms with Crippen molar-refractivity contribution in [1.82, 2.24) is 10.6 Å². The van der Waals surface area contributed by atoms with Crippen molar-refractivity contribution in [2.24, 2.45) is 0 Å². The van der Waals surface area contributed by atoms with Crippen molar-refractivity contribution in [3.05, 3.63) is 74.8 Å². The number of non-ortho nitro benzene ring substituents is 1. The quantitative estimate of drug-likeness (QED) is 0.491. The van der Waals surface area contributed by atoms with Crippen LogP contribution in [0.15, 0.2) is 48.0 Å². The maximum Gasteiger partial charge on any atom is 0.269 e. The molecule has 0 amide bonds. The summed E-state index contributed by atoms with van der Waals surface area (Å²) < 4.78 is 5.33.